The van der Waals surface area contributed by atoms with Crippen LogP contribution >= 0.6 is 0 Å². The number of hydrogen-bond donors (Lipinski definition) is 1. The van der Waals surface area contributed by atoms with Gasteiger partial charge in [-0.25, -0.2) is 9.59 Å². The maximum Gasteiger partial charge on any atom is 0.338 e. The number of ether oxygens (including phenoxy) is 2. The van der Waals surface area contributed by atoms with Crippen molar-refractivity contribution in [1.29, 1.82) is 0 Å². The molecular formula is C20H22N4O7. The Morgan fingerprint density at radius 2 is 1.55 bits per heavy atom. The molecule has 0 bridgehead atoms. The minimum absolute atomic E-state index is 0.0712. The zero-order valence-corrected chi connectivity index (χ0v) is 17.5. The second-order valence-electron chi connectivity index (χ2n) is 6.17. The number of nitro groups is 1. The van der Waals surface area contributed by atoms with Crippen molar-refractivity contribution in [3.63, 3.8) is 0 Å². The van der Waals surface area contributed by atoms with Crippen LogP contribution in [0, 0.1) is 10.1 Å². The Bertz CT molecular complexity index is 1030. The van der Waals surface area contributed by atoms with Crippen molar-refractivity contribution >= 4 is 34.7 Å². The quantitative estimate of drug-likeness (QED) is 0.285. The zero-order valence-electron chi connectivity index (χ0n) is 17.5. The van der Waals surface area contributed by atoms with Gasteiger partial charge >= 0.3 is 11.9 Å². The molecule has 0 aromatic heterocycles. The Morgan fingerprint density at radius 1 is 1.00 bits per heavy atom. The number of azo groups is 1. The standard InChI is InChI=1S/C20H22N4O7/c1-5-23(6-2)12-7-8-15(18(25)9-12)21-22-16-10-13(19(26)30-3)14(20(27)31-4)11-17(16)24(28)29/h7-11,25H,5-6H2,1-4H3. The molecule has 0 atom stereocenters. The second-order valence-corrected chi connectivity index (χ2v) is 6.17. The molecule has 2 rings (SSSR count). The molecule has 0 aliphatic heterocycles. The highest BCUT2D eigenvalue weighted by Crippen LogP contribution is 2.36. The van der Waals surface area contributed by atoms with E-state index in [1.54, 1.807) is 6.07 Å². The van der Waals surface area contributed by atoms with Crippen molar-refractivity contribution in [2.24, 2.45) is 10.2 Å². The number of carbonyl (C=O) groups is 2. The highest BCUT2D eigenvalue weighted by atomic mass is 16.6. The van der Waals surface area contributed by atoms with E-state index in [2.05, 4.69) is 19.7 Å². The van der Waals surface area contributed by atoms with Crippen molar-refractivity contribution in [3.05, 3.63) is 51.6 Å². The Balaban J connectivity index is 2.55. The lowest BCUT2D eigenvalue weighted by Crippen LogP contribution is -2.21. The Hall–Kier alpha value is -4.02. The molecule has 0 fully saturated rings. The fourth-order valence-electron chi connectivity index (χ4n) is 2.85. The van der Waals surface area contributed by atoms with Crippen molar-refractivity contribution < 1.29 is 29.1 Å². The number of phenols is 1. The third-order valence-electron chi connectivity index (χ3n) is 4.48. The van der Waals surface area contributed by atoms with Crippen molar-refractivity contribution in [2.75, 3.05) is 32.2 Å². The summed E-state index contributed by atoms with van der Waals surface area (Å²) in [7, 11) is 2.18. The monoisotopic (exact) mass is 430 g/mol. The summed E-state index contributed by atoms with van der Waals surface area (Å²) in [6.07, 6.45) is 0. The summed E-state index contributed by atoms with van der Waals surface area (Å²) >= 11 is 0. The molecule has 11 nitrogen and oxygen atoms in total. The Morgan fingerprint density at radius 3 is 2.03 bits per heavy atom. The van der Waals surface area contributed by atoms with Gasteiger partial charge in [-0.05, 0) is 32.0 Å². The number of methoxy groups -OCH3 is 2. The number of carbonyl (C=O) groups excluding carboxylic acids is 2. The molecule has 31 heavy (non-hydrogen) atoms. The second kappa shape index (κ2) is 10.1. The summed E-state index contributed by atoms with van der Waals surface area (Å²) in [6.45, 7) is 5.44. The lowest BCUT2D eigenvalue weighted by Gasteiger charge is -2.21. The van der Waals surface area contributed by atoms with Gasteiger partial charge in [0, 0.05) is 30.9 Å². The van der Waals surface area contributed by atoms with E-state index in [1.807, 2.05) is 18.7 Å². The summed E-state index contributed by atoms with van der Waals surface area (Å²) < 4.78 is 9.21. The number of benzene rings is 2. The topological polar surface area (TPSA) is 144 Å². The number of anilines is 1. The molecule has 164 valence electrons. The third-order valence-corrected chi connectivity index (χ3v) is 4.48. The molecule has 0 aliphatic rings. The van der Waals surface area contributed by atoms with Crippen LogP contribution in [0.3, 0.4) is 0 Å². The number of phenolic OH excluding ortho intramolecular Hbond substituents is 1. The molecule has 2 aromatic carbocycles. The molecule has 0 spiro atoms. The van der Waals surface area contributed by atoms with Gasteiger partial charge in [0.2, 0.25) is 0 Å². The summed E-state index contributed by atoms with van der Waals surface area (Å²) in [5, 5.41) is 29.5. The van der Waals surface area contributed by atoms with Crippen LogP contribution in [0.15, 0.2) is 40.6 Å². The van der Waals surface area contributed by atoms with Gasteiger partial charge in [-0.2, -0.15) is 0 Å². The molecule has 0 aliphatic carbocycles. The Kier molecular flexibility index (Phi) is 7.61. The molecule has 0 unspecified atom stereocenters. The fraction of sp³-hybridized carbons (Fsp3) is 0.300. The summed E-state index contributed by atoms with van der Waals surface area (Å²) in [5.74, 6) is -2.02. The van der Waals surface area contributed by atoms with Gasteiger partial charge in [-0.3, -0.25) is 10.1 Å². The van der Waals surface area contributed by atoms with Gasteiger partial charge in [0.1, 0.15) is 11.4 Å². The van der Waals surface area contributed by atoms with Crippen LogP contribution in [0.25, 0.3) is 0 Å². The fourth-order valence-corrected chi connectivity index (χ4v) is 2.85. The lowest BCUT2D eigenvalue weighted by atomic mass is 10.1. The molecule has 0 saturated carbocycles. The van der Waals surface area contributed by atoms with Crippen LogP contribution in [0.1, 0.15) is 34.6 Å². The minimum Gasteiger partial charge on any atom is -0.506 e. The molecule has 1 N–H and O–H groups in total. The summed E-state index contributed by atoms with van der Waals surface area (Å²) in [5.41, 5.74) is -0.632. The number of nitro benzene ring substituents is 1. The molecule has 0 heterocycles. The first kappa shape index (κ1) is 23.3. The number of nitrogens with zero attached hydrogens (tertiary/aromatic N) is 4. The summed E-state index contributed by atoms with van der Waals surface area (Å²) in [6, 6.07) is 6.64. The van der Waals surface area contributed by atoms with E-state index in [0.717, 1.165) is 45.1 Å². The van der Waals surface area contributed by atoms with Gasteiger partial charge < -0.3 is 19.5 Å². The van der Waals surface area contributed by atoms with E-state index in [1.165, 1.54) is 12.1 Å². The average molecular weight is 430 g/mol. The predicted molar refractivity (Wildman–Crippen MR) is 112 cm³/mol. The minimum atomic E-state index is -0.948. The first-order valence-corrected chi connectivity index (χ1v) is 9.26. The van der Waals surface area contributed by atoms with E-state index < -0.39 is 22.5 Å². The van der Waals surface area contributed by atoms with Gasteiger partial charge in [-0.15, -0.1) is 10.2 Å². The lowest BCUT2D eigenvalue weighted by molar-refractivity contribution is -0.384. The number of hydrogen-bond acceptors (Lipinski definition) is 10. The smallest absolute Gasteiger partial charge is 0.338 e. The first-order chi connectivity index (χ1) is 14.8. The maximum absolute atomic E-state index is 12.1. The van der Waals surface area contributed by atoms with Crippen LogP contribution in [-0.2, 0) is 9.47 Å². The number of aromatic hydroxyl groups is 1. The Labute approximate surface area is 178 Å². The van der Waals surface area contributed by atoms with E-state index in [9.17, 15) is 24.8 Å². The van der Waals surface area contributed by atoms with Crippen molar-refractivity contribution in [2.45, 2.75) is 13.8 Å². The van der Waals surface area contributed by atoms with Gasteiger partial charge in [0.15, 0.2) is 5.69 Å². The first-order valence-electron chi connectivity index (χ1n) is 9.26. The van der Waals surface area contributed by atoms with Gasteiger partial charge in [0.05, 0.1) is 30.3 Å². The van der Waals surface area contributed by atoms with Crippen LogP contribution in [0.5, 0.6) is 5.75 Å². The van der Waals surface area contributed by atoms with Gasteiger partial charge in [0.25, 0.3) is 5.69 Å². The third kappa shape index (κ3) is 5.13. The van der Waals surface area contributed by atoms with Crippen LogP contribution < -0.4 is 4.90 Å². The number of rotatable bonds is 8. The van der Waals surface area contributed by atoms with E-state index in [0.29, 0.717) is 0 Å². The molecule has 0 saturated heterocycles. The van der Waals surface area contributed by atoms with Crippen LogP contribution in [0.4, 0.5) is 22.7 Å². The normalized spacial score (nSPS) is 10.7. The summed E-state index contributed by atoms with van der Waals surface area (Å²) in [4.78, 5) is 36.7. The highest BCUT2D eigenvalue weighted by Gasteiger charge is 2.26. The molecular weight excluding hydrogens is 408 g/mol. The molecule has 0 radical (unpaired) electrons. The van der Waals surface area contributed by atoms with E-state index in [4.69, 9.17) is 0 Å². The van der Waals surface area contributed by atoms with Crippen molar-refractivity contribution in [3.8, 4) is 5.75 Å². The van der Waals surface area contributed by atoms with Gasteiger partial charge in [-0.1, -0.05) is 0 Å². The largest absolute Gasteiger partial charge is 0.506 e. The zero-order chi connectivity index (χ0) is 23.1. The van der Waals surface area contributed by atoms with Crippen LogP contribution in [0.2, 0.25) is 0 Å². The van der Waals surface area contributed by atoms with E-state index >= 15 is 0 Å². The molecule has 2 aromatic rings. The predicted octanol–water partition coefficient (Wildman–Crippen LogP) is 4.14. The average Bonchev–Trinajstić information content (AvgIpc) is 2.77. The molecule has 11 heteroatoms. The van der Waals surface area contributed by atoms with Crippen molar-refractivity contribution in [1.82, 2.24) is 0 Å². The van der Waals surface area contributed by atoms with Crippen LogP contribution in [-0.4, -0.2) is 49.3 Å². The SMILES string of the molecule is CCN(CC)c1ccc(N=Nc2cc(C(=O)OC)c(C(=O)OC)cc2[N+](=O)[O-])c(O)c1. The maximum atomic E-state index is 12.1. The number of esters is 2. The highest BCUT2D eigenvalue weighted by molar-refractivity contribution is 6.04. The van der Waals surface area contributed by atoms with E-state index in [-0.39, 0.29) is 28.3 Å². The molecule has 0 amide bonds.